The van der Waals surface area contributed by atoms with Gasteiger partial charge in [0.15, 0.2) is 0 Å². The van der Waals surface area contributed by atoms with Crippen LogP contribution in [0.5, 0.6) is 0 Å². The third-order valence-electron chi connectivity index (χ3n) is 5.78. The molecule has 0 saturated carbocycles. The minimum atomic E-state index is -1.04. The molecule has 0 aliphatic heterocycles. The zero-order valence-electron chi connectivity index (χ0n) is 21.0. The van der Waals surface area contributed by atoms with E-state index in [9.17, 15) is 19.2 Å². The lowest BCUT2D eigenvalue weighted by molar-refractivity contribution is -0.138. The van der Waals surface area contributed by atoms with Gasteiger partial charge >= 0.3 is 12.1 Å². The van der Waals surface area contributed by atoms with Gasteiger partial charge in [-0.25, -0.2) is 14.7 Å². The predicted octanol–water partition coefficient (Wildman–Crippen LogP) is 3.70. The number of hydrogen-bond donors (Lipinski definition) is 2. The molecule has 0 spiro atoms. The molecule has 0 aliphatic rings. The highest BCUT2D eigenvalue weighted by atomic mass is 32.2. The second kappa shape index (κ2) is 12.9. The Labute approximate surface area is 219 Å². The number of hydrogen-bond acceptors (Lipinski definition) is 7. The fraction of sp³-hybridized carbons (Fsp3) is 0.346. The third kappa shape index (κ3) is 7.10. The molecule has 37 heavy (non-hydrogen) atoms. The average Bonchev–Trinajstić information content (AvgIpc) is 3.26. The third-order valence-corrected chi connectivity index (χ3v) is 6.43. The Hall–Kier alpha value is -3.86. The Morgan fingerprint density at radius 1 is 1.14 bits per heavy atom. The molecule has 2 N–H and O–H groups in total. The smallest absolute Gasteiger partial charge is 0.416 e. The maximum atomic E-state index is 12.8. The minimum absolute atomic E-state index is 0.136. The van der Waals surface area contributed by atoms with Crippen molar-refractivity contribution < 1.29 is 29.0 Å². The monoisotopic (exact) mass is 526 g/mol. The van der Waals surface area contributed by atoms with Crippen molar-refractivity contribution >= 4 is 46.7 Å². The second-order valence-electron chi connectivity index (χ2n) is 8.37. The van der Waals surface area contributed by atoms with E-state index in [1.54, 1.807) is 30.0 Å². The molecule has 3 rings (SSSR count). The van der Waals surface area contributed by atoms with E-state index in [-0.39, 0.29) is 24.3 Å². The molecule has 10 nitrogen and oxygen atoms in total. The number of benzene rings is 2. The molecular formula is C26H30N4O6S. The highest BCUT2D eigenvalue weighted by Gasteiger charge is 2.25. The number of fused-ring (bicyclic) bond motifs is 1. The summed E-state index contributed by atoms with van der Waals surface area (Å²) in [5, 5.41) is 11.9. The summed E-state index contributed by atoms with van der Waals surface area (Å²) in [5.41, 5.74) is 2.57. The molecule has 1 atom stereocenters. The van der Waals surface area contributed by atoms with Crippen LogP contribution in [-0.2, 0) is 20.9 Å². The standard InChI is InChI=1S/C26H30N4O6S/c1-29(26(35)36-2)25(34)18-9-10-21-20(15-18)28-24(30(21)16-17-7-5-4-6-8-17)19(13-14-37-3)27-22(31)11-12-23(32)33/h4-10,15,19H,11-14,16H2,1-3H3,(H,27,31)(H,32,33). The molecule has 1 heterocycles. The number of thioether (sulfide) groups is 1. The van der Waals surface area contributed by atoms with Crippen LogP contribution in [0.3, 0.4) is 0 Å². The molecule has 0 fully saturated rings. The number of ether oxygens (including phenoxy) is 1. The number of imide groups is 1. The summed E-state index contributed by atoms with van der Waals surface area (Å²) in [6.07, 6.45) is 1.37. The van der Waals surface area contributed by atoms with E-state index in [0.717, 1.165) is 21.7 Å². The van der Waals surface area contributed by atoms with Crippen LogP contribution < -0.4 is 5.32 Å². The molecule has 1 aromatic heterocycles. The molecule has 11 heteroatoms. The first kappa shape index (κ1) is 27.7. The lowest BCUT2D eigenvalue weighted by atomic mass is 10.1. The first-order valence-corrected chi connectivity index (χ1v) is 13.0. The second-order valence-corrected chi connectivity index (χ2v) is 9.36. The Kier molecular flexibility index (Phi) is 9.67. The summed E-state index contributed by atoms with van der Waals surface area (Å²) in [5.74, 6) is -0.605. The van der Waals surface area contributed by atoms with Gasteiger partial charge in [-0.05, 0) is 42.2 Å². The number of aliphatic carboxylic acids is 1. The van der Waals surface area contributed by atoms with Crippen molar-refractivity contribution in [1.29, 1.82) is 0 Å². The van der Waals surface area contributed by atoms with Crippen molar-refractivity contribution in [3.63, 3.8) is 0 Å². The van der Waals surface area contributed by atoms with Crippen LogP contribution in [0.1, 0.15) is 47.1 Å². The number of carboxylic acids is 1. The van der Waals surface area contributed by atoms with Crippen molar-refractivity contribution in [3.8, 4) is 0 Å². The highest BCUT2D eigenvalue weighted by molar-refractivity contribution is 7.98. The molecule has 3 amide bonds. The van der Waals surface area contributed by atoms with Gasteiger partial charge in [0.1, 0.15) is 5.82 Å². The molecule has 1 unspecified atom stereocenters. The Balaban J connectivity index is 2.06. The van der Waals surface area contributed by atoms with Crippen LogP contribution >= 0.6 is 11.8 Å². The van der Waals surface area contributed by atoms with E-state index in [0.29, 0.717) is 24.3 Å². The molecular weight excluding hydrogens is 496 g/mol. The lowest BCUT2D eigenvalue weighted by Gasteiger charge is -2.20. The average molecular weight is 527 g/mol. The number of aromatic nitrogens is 2. The van der Waals surface area contributed by atoms with Gasteiger partial charge in [-0.2, -0.15) is 11.8 Å². The normalized spacial score (nSPS) is 11.6. The van der Waals surface area contributed by atoms with Crippen molar-refractivity contribution in [2.75, 3.05) is 26.2 Å². The van der Waals surface area contributed by atoms with Gasteiger partial charge in [0.05, 0.1) is 30.6 Å². The quantitative estimate of drug-likeness (QED) is 0.387. The summed E-state index contributed by atoms with van der Waals surface area (Å²) >= 11 is 1.62. The van der Waals surface area contributed by atoms with Gasteiger partial charge in [-0.15, -0.1) is 0 Å². The topological polar surface area (TPSA) is 131 Å². The van der Waals surface area contributed by atoms with Crippen LogP contribution in [0, 0.1) is 0 Å². The van der Waals surface area contributed by atoms with E-state index in [1.165, 1.54) is 14.2 Å². The molecule has 196 valence electrons. The maximum absolute atomic E-state index is 12.8. The fourth-order valence-corrected chi connectivity index (χ4v) is 4.35. The number of rotatable bonds is 11. The number of imidazole rings is 1. The van der Waals surface area contributed by atoms with E-state index in [2.05, 4.69) is 10.1 Å². The van der Waals surface area contributed by atoms with Gasteiger partial charge in [0.2, 0.25) is 5.91 Å². The number of nitrogens with one attached hydrogen (secondary N) is 1. The molecule has 0 radical (unpaired) electrons. The molecule has 0 bridgehead atoms. The zero-order valence-corrected chi connectivity index (χ0v) is 21.8. The fourth-order valence-electron chi connectivity index (χ4n) is 3.88. The van der Waals surface area contributed by atoms with E-state index in [1.807, 2.05) is 41.2 Å². The van der Waals surface area contributed by atoms with Crippen LogP contribution in [0.2, 0.25) is 0 Å². The van der Waals surface area contributed by atoms with Crippen molar-refractivity contribution in [1.82, 2.24) is 19.8 Å². The number of carbonyl (C=O) groups excluding carboxylic acids is 3. The van der Waals surface area contributed by atoms with Crippen LogP contribution in [0.15, 0.2) is 48.5 Å². The number of nitrogens with zero attached hydrogens (tertiary/aromatic N) is 3. The molecule has 0 aliphatic carbocycles. The largest absolute Gasteiger partial charge is 0.481 e. The van der Waals surface area contributed by atoms with Gasteiger partial charge in [-0.3, -0.25) is 14.4 Å². The minimum Gasteiger partial charge on any atom is -0.481 e. The highest BCUT2D eigenvalue weighted by Crippen LogP contribution is 2.27. The number of amides is 3. The van der Waals surface area contributed by atoms with Gasteiger partial charge < -0.3 is 19.7 Å². The number of methoxy groups -OCH3 is 1. The predicted molar refractivity (Wildman–Crippen MR) is 141 cm³/mol. The SMILES string of the molecule is COC(=O)N(C)C(=O)c1ccc2c(c1)nc(C(CCSC)NC(=O)CCC(=O)O)n2Cc1ccccc1. The van der Waals surface area contributed by atoms with Crippen LogP contribution in [0.4, 0.5) is 4.79 Å². The summed E-state index contributed by atoms with van der Waals surface area (Å²) < 4.78 is 6.63. The van der Waals surface area contributed by atoms with Gasteiger partial charge in [-0.1, -0.05) is 30.3 Å². The molecule has 0 saturated heterocycles. The Bertz CT molecular complexity index is 1280. The Morgan fingerprint density at radius 3 is 2.51 bits per heavy atom. The van der Waals surface area contributed by atoms with Crippen LogP contribution in [0.25, 0.3) is 11.0 Å². The van der Waals surface area contributed by atoms with E-state index >= 15 is 0 Å². The van der Waals surface area contributed by atoms with Gasteiger partial charge in [0, 0.05) is 25.6 Å². The Morgan fingerprint density at radius 2 is 1.86 bits per heavy atom. The summed E-state index contributed by atoms with van der Waals surface area (Å²) in [6, 6.07) is 14.3. The summed E-state index contributed by atoms with van der Waals surface area (Å²) in [7, 11) is 2.54. The van der Waals surface area contributed by atoms with E-state index < -0.39 is 24.0 Å². The summed E-state index contributed by atoms with van der Waals surface area (Å²) in [6.45, 7) is 0.475. The molecule has 3 aromatic rings. The van der Waals surface area contributed by atoms with Crippen molar-refractivity contribution in [2.45, 2.75) is 31.8 Å². The van der Waals surface area contributed by atoms with Crippen molar-refractivity contribution in [3.05, 3.63) is 65.5 Å². The maximum Gasteiger partial charge on any atom is 0.416 e. The lowest BCUT2D eigenvalue weighted by Crippen LogP contribution is -2.32. The first-order valence-electron chi connectivity index (χ1n) is 11.6. The van der Waals surface area contributed by atoms with E-state index in [4.69, 9.17) is 10.1 Å². The first-order chi connectivity index (χ1) is 17.7. The number of carboxylic acid groups (broad SMARTS) is 1. The van der Waals surface area contributed by atoms with Crippen LogP contribution in [-0.4, -0.2) is 69.6 Å². The molecule has 2 aromatic carbocycles. The number of carbonyl (C=O) groups is 4. The van der Waals surface area contributed by atoms with Gasteiger partial charge in [0.25, 0.3) is 5.91 Å². The summed E-state index contributed by atoms with van der Waals surface area (Å²) in [4.78, 5) is 53.8. The zero-order chi connectivity index (χ0) is 26.9. The van der Waals surface area contributed by atoms with Crippen molar-refractivity contribution in [2.24, 2.45) is 0 Å².